The Kier molecular flexibility index (Phi) is 8.41. The smallest absolute Gasteiger partial charge is 0.478 e. The van der Waals surface area contributed by atoms with E-state index in [2.05, 4.69) is 0 Å². The Hall–Kier alpha value is -0.950. The third-order valence-corrected chi connectivity index (χ3v) is 3.94. The molecule has 0 radical (unpaired) electrons. The summed E-state index contributed by atoms with van der Waals surface area (Å²) in [6, 6.07) is 0. The normalized spacial score (nSPS) is 13.0. The van der Waals surface area contributed by atoms with E-state index in [9.17, 15) is 14.2 Å². The van der Waals surface area contributed by atoms with Gasteiger partial charge in [-0.15, -0.1) is 0 Å². The highest BCUT2D eigenvalue weighted by Crippen LogP contribution is 2.55. The molecule has 0 aromatic heterocycles. The fourth-order valence-electron chi connectivity index (χ4n) is 1.35. The largest absolute Gasteiger partial charge is 0.481 e. The number of hydrogen-bond acceptors (Lipinski definition) is 7. The summed E-state index contributed by atoms with van der Waals surface area (Å²) in [5.41, 5.74) is -1.57. The molecule has 8 nitrogen and oxygen atoms in total. The van der Waals surface area contributed by atoms with Gasteiger partial charge in [0, 0.05) is 12.8 Å². The Morgan fingerprint density at radius 3 is 1.83 bits per heavy atom. The molecule has 0 saturated heterocycles. The van der Waals surface area contributed by atoms with Gasteiger partial charge in [0.2, 0.25) is 6.79 Å². The van der Waals surface area contributed by atoms with Gasteiger partial charge in [0.25, 0.3) is 0 Å². The highest BCUT2D eigenvalue weighted by Gasteiger charge is 2.37. The number of ether oxygens (including phenoxy) is 1. The van der Waals surface area contributed by atoms with Crippen LogP contribution in [0.5, 0.6) is 0 Å². The maximum absolute atomic E-state index is 12.6. The number of phosphoric ester groups is 1. The Bertz CT molecular complexity index is 427. The lowest BCUT2D eigenvalue weighted by molar-refractivity contribution is -0.152. The summed E-state index contributed by atoms with van der Waals surface area (Å²) in [4.78, 5) is 21.8. The van der Waals surface area contributed by atoms with Crippen LogP contribution in [0.1, 0.15) is 60.8 Å². The van der Waals surface area contributed by atoms with Crippen molar-refractivity contribution >= 4 is 19.8 Å². The Morgan fingerprint density at radius 1 is 0.957 bits per heavy atom. The highest BCUT2D eigenvalue weighted by molar-refractivity contribution is 7.48. The monoisotopic (exact) mass is 354 g/mol. The predicted molar refractivity (Wildman–Crippen MR) is 82.8 cm³/mol. The number of rotatable bonds is 9. The van der Waals surface area contributed by atoms with Gasteiger partial charge in [-0.1, -0.05) is 0 Å². The third kappa shape index (κ3) is 13.2. The van der Waals surface area contributed by atoms with Crippen LogP contribution in [0.4, 0.5) is 0 Å². The van der Waals surface area contributed by atoms with E-state index >= 15 is 0 Å². The molecule has 0 spiro atoms. The summed E-state index contributed by atoms with van der Waals surface area (Å²) in [7, 11) is -3.93. The van der Waals surface area contributed by atoms with Crippen LogP contribution in [0.2, 0.25) is 0 Å². The van der Waals surface area contributed by atoms with Gasteiger partial charge in [-0.25, -0.2) is 9.09 Å². The van der Waals surface area contributed by atoms with Gasteiger partial charge in [-0.2, -0.15) is 0 Å². The second-order valence-corrected chi connectivity index (χ2v) is 8.38. The molecule has 0 rings (SSSR count). The molecular formula is C14H27O8P. The summed E-state index contributed by atoms with van der Waals surface area (Å²) < 4.78 is 33.1. The number of carbonyl (C=O) groups is 2. The van der Waals surface area contributed by atoms with E-state index in [4.69, 9.17) is 23.4 Å². The van der Waals surface area contributed by atoms with Crippen LogP contribution in [-0.2, 0) is 32.5 Å². The zero-order valence-electron chi connectivity index (χ0n) is 14.6. The van der Waals surface area contributed by atoms with Crippen molar-refractivity contribution in [2.75, 3.05) is 6.79 Å². The van der Waals surface area contributed by atoms with Gasteiger partial charge in [0.1, 0.15) is 0 Å². The van der Waals surface area contributed by atoms with Gasteiger partial charge in [-0.05, 0) is 48.0 Å². The minimum atomic E-state index is -3.93. The zero-order chi connectivity index (χ0) is 18.3. The molecule has 0 unspecified atom stereocenters. The van der Waals surface area contributed by atoms with Gasteiger partial charge in [0.05, 0.1) is 11.2 Å². The molecule has 9 heteroatoms. The van der Waals surface area contributed by atoms with E-state index in [1.165, 1.54) is 0 Å². The third-order valence-electron chi connectivity index (χ3n) is 1.97. The molecule has 0 aliphatic rings. The van der Waals surface area contributed by atoms with Gasteiger partial charge in [-0.3, -0.25) is 18.6 Å². The molecule has 0 fully saturated rings. The Morgan fingerprint density at radius 2 is 1.43 bits per heavy atom. The van der Waals surface area contributed by atoms with Crippen molar-refractivity contribution in [3.05, 3.63) is 0 Å². The lowest BCUT2D eigenvalue weighted by atomic mass is 10.2. The minimum Gasteiger partial charge on any atom is -0.481 e. The topological polar surface area (TPSA) is 108 Å². The van der Waals surface area contributed by atoms with E-state index < -0.39 is 37.8 Å². The van der Waals surface area contributed by atoms with Crippen molar-refractivity contribution in [1.29, 1.82) is 0 Å². The van der Waals surface area contributed by atoms with Crippen molar-refractivity contribution < 1.29 is 37.6 Å². The molecule has 0 heterocycles. The molecule has 136 valence electrons. The van der Waals surface area contributed by atoms with Gasteiger partial charge in [0.15, 0.2) is 0 Å². The van der Waals surface area contributed by atoms with Crippen molar-refractivity contribution in [3.63, 3.8) is 0 Å². The van der Waals surface area contributed by atoms with Gasteiger partial charge >= 0.3 is 19.8 Å². The molecule has 0 aliphatic carbocycles. The minimum absolute atomic E-state index is 0.0692. The van der Waals surface area contributed by atoms with E-state index in [-0.39, 0.29) is 19.3 Å². The average molecular weight is 354 g/mol. The molecule has 0 atom stereocenters. The van der Waals surface area contributed by atoms with Crippen LogP contribution in [0.25, 0.3) is 0 Å². The average Bonchev–Trinajstić information content (AvgIpc) is 2.22. The van der Waals surface area contributed by atoms with Crippen LogP contribution in [0, 0.1) is 0 Å². The highest BCUT2D eigenvalue weighted by atomic mass is 31.2. The summed E-state index contributed by atoms with van der Waals surface area (Å²) in [5.74, 6) is -1.64. The number of hydrogen-bond donors (Lipinski definition) is 1. The molecule has 0 amide bonds. The van der Waals surface area contributed by atoms with Crippen molar-refractivity contribution in [1.82, 2.24) is 0 Å². The van der Waals surface area contributed by atoms with Crippen LogP contribution in [-0.4, -0.2) is 35.0 Å². The van der Waals surface area contributed by atoms with E-state index in [0.717, 1.165) is 0 Å². The summed E-state index contributed by atoms with van der Waals surface area (Å²) >= 11 is 0. The number of aliphatic carboxylic acids is 1. The lowest BCUT2D eigenvalue weighted by Gasteiger charge is -2.30. The number of carboxylic acid groups (broad SMARTS) is 1. The second kappa shape index (κ2) is 8.78. The van der Waals surface area contributed by atoms with E-state index in [0.29, 0.717) is 0 Å². The maximum atomic E-state index is 12.6. The Labute approximate surface area is 137 Å². The first-order chi connectivity index (χ1) is 10.2. The molecule has 23 heavy (non-hydrogen) atoms. The molecular weight excluding hydrogens is 327 g/mol. The lowest BCUT2D eigenvalue weighted by Crippen LogP contribution is -2.25. The van der Waals surface area contributed by atoms with Crippen molar-refractivity contribution in [3.8, 4) is 0 Å². The molecule has 0 aromatic carbocycles. The second-order valence-electron chi connectivity index (χ2n) is 6.87. The quantitative estimate of drug-likeness (QED) is 0.381. The first-order valence-electron chi connectivity index (χ1n) is 7.26. The van der Waals surface area contributed by atoms with Gasteiger partial charge < -0.3 is 9.84 Å². The molecule has 1 N–H and O–H groups in total. The maximum Gasteiger partial charge on any atom is 0.478 e. The summed E-state index contributed by atoms with van der Waals surface area (Å²) in [5, 5.41) is 8.48. The summed E-state index contributed by atoms with van der Waals surface area (Å²) in [6.45, 7) is 9.52. The fourth-order valence-corrected chi connectivity index (χ4v) is 3.02. The number of phosphoric acid groups is 1. The van der Waals surface area contributed by atoms with Crippen LogP contribution < -0.4 is 0 Å². The molecule has 0 bridgehead atoms. The standard InChI is InChI=1S/C14H27O8P/c1-13(2,3)21-23(18,22-14(4,5)6)20-10-19-12(17)9-7-8-11(15)16/h7-10H2,1-6H3,(H,15,16). The van der Waals surface area contributed by atoms with E-state index in [1.54, 1.807) is 41.5 Å². The SMILES string of the molecule is CC(C)(C)OP(=O)(OCOC(=O)CCCC(=O)O)OC(C)(C)C. The van der Waals surface area contributed by atoms with Crippen molar-refractivity contribution in [2.24, 2.45) is 0 Å². The predicted octanol–water partition coefficient (Wildman–Crippen LogP) is 3.50. The van der Waals surface area contributed by atoms with Crippen LogP contribution >= 0.6 is 7.82 Å². The van der Waals surface area contributed by atoms with Crippen LogP contribution in [0.3, 0.4) is 0 Å². The first kappa shape index (κ1) is 22.1. The summed E-state index contributed by atoms with van der Waals surface area (Å²) in [6.07, 6.45) is -0.0439. The molecule has 0 aromatic rings. The number of carbonyl (C=O) groups excluding carboxylic acids is 1. The molecule has 0 saturated carbocycles. The number of esters is 1. The van der Waals surface area contributed by atoms with Crippen molar-refractivity contribution in [2.45, 2.75) is 72.0 Å². The zero-order valence-corrected chi connectivity index (χ0v) is 15.5. The molecule has 0 aliphatic heterocycles. The van der Waals surface area contributed by atoms with Crippen LogP contribution in [0.15, 0.2) is 0 Å². The Balaban J connectivity index is 4.48. The number of carboxylic acids is 1. The van der Waals surface area contributed by atoms with E-state index in [1.807, 2.05) is 0 Å². The fraction of sp³-hybridized carbons (Fsp3) is 0.857. The first-order valence-corrected chi connectivity index (χ1v) is 8.72.